The monoisotopic (exact) mass is 465 g/mol. The van der Waals surface area contributed by atoms with Gasteiger partial charge in [-0.2, -0.15) is 4.39 Å². The first-order chi connectivity index (χ1) is 15.4. The van der Waals surface area contributed by atoms with Gasteiger partial charge in [0, 0.05) is 19.3 Å². The molecule has 0 N–H and O–H groups in total. The zero-order valence-electron chi connectivity index (χ0n) is 17.1. The minimum absolute atomic E-state index is 0.0479. The van der Waals surface area contributed by atoms with Gasteiger partial charge in [-0.15, -0.1) is 16.4 Å². The Bertz CT molecular complexity index is 999. The Morgan fingerprint density at radius 2 is 2.03 bits per heavy atom. The van der Waals surface area contributed by atoms with E-state index in [1.165, 1.54) is 19.2 Å². The number of thiophene rings is 1. The number of anilines is 1. The van der Waals surface area contributed by atoms with E-state index in [2.05, 4.69) is 0 Å². The van der Waals surface area contributed by atoms with Crippen LogP contribution in [0.15, 0.2) is 36.4 Å². The third-order valence-corrected chi connectivity index (χ3v) is 5.58. The molecular weight excluding hydrogens is 445 g/mol. The quantitative estimate of drug-likeness (QED) is 0.578. The summed E-state index contributed by atoms with van der Waals surface area (Å²) < 4.78 is 23.4. The molecule has 1 aromatic carbocycles. The van der Waals surface area contributed by atoms with E-state index in [0.29, 0.717) is 35.9 Å². The molecule has 12 heteroatoms. The van der Waals surface area contributed by atoms with Crippen molar-refractivity contribution < 1.29 is 37.9 Å². The van der Waals surface area contributed by atoms with Crippen LogP contribution in [0.2, 0.25) is 0 Å². The molecule has 2 fully saturated rings. The minimum Gasteiger partial charge on any atom is -0.439 e. The number of carbonyl (C=O) groups is 3. The molecule has 0 bridgehead atoms. The van der Waals surface area contributed by atoms with E-state index in [-0.39, 0.29) is 30.5 Å². The van der Waals surface area contributed by atoms with Crippen molar-refractivity contribution in [2.45, 2.75) is 6.10 Å². The van der Waals surface area contributed by atoms with Gasteiger partial charge in [-0.05, 0) is 36.4 Å². The molecule has 0 aliphatic carbocycles. The fourth-order valence-corrected chi connectivity index (χ4v) is 3.80. The fraction of sp³-hybridized carbons (Fsp3) is 0.350. The van der Waals surface area contributed by atoms with Crippen molar-refractivity contribution in [1.82, 2.24) is 10.1 Å². The predicted molar refractivity (Wildman–Crippen MR) is 110 cm³/mol. The van der Waals surface area contributed by atoms with Gasteiger partial charge in [0.05, 0.1) is 11.5 Å². The Hall–Kier alpha value is -3.22. The largest absolute Gasteiger partial charge is 0.443 e. The van der Waals surface area contributed by atoms with Gasteiger partial charge in [0.25, 0.3) is 11.8 Å². The highest BCUT2D eigenvalue weighted by atomic mass is 32.1. The van der Waals surface area contributed by atoms with E-state index in [9.17, 15) is 18.8 Å². The zero-order chi connectivity index (χ0) is 22.7. The van der Waals surface area contributed by atoms with Crippen molar-refractivity contribution in [3.8, 4) is 5.75 Å². The van der Waals surface area contributed by atoms with Gasteiger partial charge in [-0.1, -0.05) is 0 Å². The summed E-state index contributed by atoms with van der Waals surface area (Å²) in [5.41, 5.74) is 0.708. The maximum Gasteiger partial charge on any atom is 0.443 e. The van der Waals surface area contributed by atoms with Gasteiger partial charge >= 0.3 is 6.09 Å². The van der Waals surface area contributed by atoms with E-state index in [4.69, 9.17) is 19.1 Å². The zero-order valence-corrected chi connectivity index (χ0v) is 17.9. The summed E-state index contributed by atoms with van der Waals surface area (Å²) in [6.07, 6.45) is -1.36. The molecule has 2 saturated heterocycles. The Labute approximate surface area is 186 Å². The molecule has 2 aliphatic heterocycles. The smallest absolute Gasteiger partial charge is 0.439 e. The number of hydroxylamine groups is 4. The Morgan fingerprint density at radius 1 is 1.25 bits per heavy atom. The SMILES string of the molecule is CN(OCC1CN(Oc2ccc(N3CCOCC3=O)cc2)C(=O)O1)C(=O)c1ccc(F)s1. The average Bonchev–Trinajstić information content (AvgIpc) is 3.38. The molecule has 1 unspecified atom stereocenters. The number of carbonyl (C=O) groups excluding carboxylic acids is 3. The summed E-state index contributed by atoms with van der Waals surface area (Å²) in [6.45, 7) is 0.986. The number of nitrogens with zero attached hydrogens (tertiary/aromatic N) is 3. The Kier molecular flexibility index (Phi) is 6.53. The van der Waals surface area contributed by atoms with E-state index < -0.39 is 23.2 Å². The number of cyclic esters (lactones) is 1. The van der Waals surface area contributed by atoms with E-state index in [1.807, 2.05) is 0 Å². The number of halogens is 1. The molecule has 3 heterocycles. The highest BCUT2D eigenvalue weighted by Gasteiger charge is 2.34. The number of morpholine rings is 1. The number of rotatable bonds is 7. The molecular formula is C20H20FN3O7S. The van der Waals surface area contributed by atoms with Crippen molar-refractivity contribution in [2.24, 2.45) is 0 Å². The van der Waals surface area contributed by atoms with Crippen LogP contribution in [0.5, 0.6) is 5.75 Å². The average molecular weight is 465 g/mol. The highest BCUT2D eigenvalue weighted by Crippen LogP contribution is 2.23. The summed E-state index contributed by atoms with van der Waals surface area (Å²) in [4.78, 5) is 48.9. The number of hydrogen-bond acceptors (Lipinski definition) is 8. The lowest BCUT2D eigenvalue weighted by Crippen LogP contribution is -2.41. The Balaban J connectivity index is 1.27. The van der Waals surface area contributed by atoms with Gasteiger partial charge in [0.2, 0.25) is 0 Å². The summed E-state index contributed by atoms with van der Waals surface area (Å²) in [5, 5.41) is 1.54. The summed E-state index contributed by atoms with van der Waals surface area (Å²) >= 11 is 0.715. The van der Waals surface area contributed by atoms with Crippen LogP contribution in [0, 0.1) is 5.13 Å². The summed E-state index contributed by atoms with van der Waals surface area (Å²) in [7, 11) is 1.39. The lowest BCUT2D eigenvalue weighted by molar-refractivity contribution is -0.126. The number of ether oxygens (including phenoxy) is 2. The van der Waals surface area contributed by atoms with Crippen LogP contribution >= 0.6 is 11.3 Å². The van der Waals surface area contributed by atoms with Gasteiger partial charge in [0.1, 0.15) is 19.8 Å². The van der Waals surface area contributed by atoms with Crippen LogP contribution in [0.25, 0.3) is 0 Å². The summed E-state index contributed by atoms with van der Waals surface area (Å²) in [5.74, 6) is -0.237. The van der Waals surface area contributed by atoms with E-state index >= 15 is 0 Å². The van der Waals surface area contributed by atoms with Crippen LogP contribution in [-0.2, 0) is 19.1 Å². The van der Waals surface area contributed by atoms with Gasteiger partial charge < -0.3 is 19.2 Å². The first kappa shape index (κ1) is 22.0. The first-order valence-corrected chi connectivity index (χ1v) is 10.5. The maximum absolute atomic E-state index is 13.1. The molecule has 32 heavy (non-hydrogen) atoms. The van der Waals surface area contributed by atoms with Crippen molar-refractivity contribution in [3.63, 3.8) is 0 Å². The van der Waals surface area contributed by atoms with E-state index in [1.54, 1.807) is 29.2 Å². The topological polar surface area (TPSA) is 97.8 Å². The molecule has 3 amide bonds. The van der Waals surface area contributed by atoms with Crippen molar-refractivity contribution in [1.29, 1.82) is 0 Å². The van der Waals surface area contributed by atoms with Crippen LogP contribution in [-0.4, -0.2) is 74.1 Å². The van der Waals surface area contributed by atoms with Gasteiger partial charge in [-0.25, -0.2) is 9.86 Å². The van der Waals surface area contributed by atoms with Crippen LogP contribution in [0.3, 0.4) is 0 Å². The highest BCUT2D eigenvalue weighted by molar-refractivity contribution is 7.12. The van der Waals surface area contributed by atoms with Gasteiger partial charge in [0.15, 0.2) is 17.0 Å². The molecule has 170 valence electrons. The second kappa shape index (κ2) is 9.51. The maximum atomic E-state index is 13.1. The van der Waals surface area contributed by atoms with Gasteiger partial charge in [-0.3, -0.25) is 14.4 Å². The Morgan fingerprint density at radius 3 is 2.72 bits per heavy atom. The van der Waals surface area contributed by atoms with Crippen LogP contribution in [0.4, 0.5) is 14.9 Å². The second-order valence-corrected chi connectivity index (χ2v) is 7.99. The molecule has 0 saturated carbocycles. The molecule has 2 aliphatic rings. The van der Waals surface area contributed by atoms with E-state index in [0.717, 1.165) is 10.1 Å². The summed E-state index contributed by atoms with van der Waals surface area (Å²) in [6, 6.07) is 9.28. The molecule has 1 atom stereocenters. The predicted octanol–water partition coefficient (Wildman–Crippen LogP) is 2.07. The van der Waals surface area contributed by atoms with Crippen molar-refractivity contribution >= 4 is 34.9 Å². The second-order valence-electron chi connectivity index (χ2n) is 6.95. The van der Waals surface area contributed by atoms with Crippen LogP contribution < -0.4 is 9.74 Å². The number of benzene rings is 1. The molecule has 0 spiro atoms. The molecule has 2 aromatic rings. The van der Waals surface area contributed by atoms with Crippen molar-refractivity contribution in [2.75, 3.05) is 44.9 Å². The fourth-order valence-electron chi connectivity index (χ4n) is 3.10. The lowest BCUT2D eigenvalue weighted by atomic mass is 10.2. The minimum atomic E-state index is -0.694. The third-order valence-electron chi connectivity index (χ3n) is 4.71. The standard InChI is InChI=1S/C20H20FN3O7S/c1-22(19(26)16-6-7-17(21)32-16)29-11-15-10-24(20(27)30-15)31-14-4-2-13(3-5-14)23-8-9-28-12-18(23)25/h2-7,15H,8-12H2,1H3. The van der Waals surface area contributed by atoms with Crippen LogP contribution in [0.1, 0.15) is 9.67 Å². The van der Waals surface area contributed by atoms with Crippen molar-refractivity contribution in [3.05, 3.63) is 46.4 Å². The first-order valence-electron chi connectivity index (χ1n) is 9.71. The number of amides is 3. The lowest BCUT2D eigenvalue weighted by Gasteiger charge is -2.27. The molecule has 4 rings (SSSR count). The molecule has 0 radical (unpaired) electrons. The molecule has 10 nitrogen and oxygen atoms in total. The molecule has 1 aromatic heterocycles. The normalized spacial score (nSPS) is 18.6. The number of hydrogen-bond donors (Lipinski definition) is 0. The third kappa shape index (κ3) is 4.98.